The highest BCUT2D eigenvalue weighted by molar-refractivity contribution is 5.95. The summed E-state index contributed by atoms with van der Waals surface area (Å²) in [5.41, 5.74) is -5.22. The number of fused-ring (bicyclic) bond motifs is 2. The zero-order chi connectivity index (χ0) is 34.6. The van der Waals surface area contributed by atoms with Crippen molar-refractivity contribution in [1.29, 1.82) is 0 Å². The van der Waals surface area contributed by atoms with Gasteiger partial charge in [-0.15, -0.1) is 8.78 Å². The van der Waals surface area contributed by atoms with Gasteiger partial charge >= 0.3 is 6.29 Å². The molecule has 0 amide bonds. The number of ether oxygens (including phenoxy) is 2. The van der Waals surface area contributed by atoms with Crippen molar-refractivity contribution in [3.8, 4) is 11.5 Å². The Bertz CT molecular complexity index is 1770. The molecule has 5 rings (SSSR count). The lowest BCUT2D eigenvalue weighted by Gasteiger charge is -2.26. The van der Waals surface area contributed by atoms with Gasteiger partial charge in [0.15, 0.2) is 11.5 Å². The number of alkyl halides is 2. The summed E-state index contributed by atoms with van der Waals surface area (Å²) in [6.07, 6.45) is -7.86. The second-order valence-corrected chi connectivity index (χ2v) is 9.49. The molecule has 2 heterocycles. The number of aliphatic hydroxyl groups excluding tert-OH is 1. The van der Waals surface area contributed by atoms with E-state index in [-0.39, 0.29) is 36.3 Å². The minimum absolute atomic E-state index is 0.244. The predicted octanol–water partition coefficient (Wildman–Crippen LogP) is 4.99. The van der Waals surface area contributed by atoms with Crippen molar-refractivity contribution in [2.24, 2.45) is 0 Å². The smallest absolute Gasteiger partial charge is 0.395 e. The fourth-order valence-corrected chi connectivity index (χ4v) is 4.43. The number of rotatable bonds is 9. The molecule has 9 heteroatoms. The zero-order valence-corrected chi connectivity index (χ0v) is 20.0. The predicted molar refractivity (Wildman–Crippen MR) is 131 cm³/mol. The first kappa shape index (κ1) is 16.7. The van der Waals surface area contributed by atoms with Gasteiger partial charge in [0.25, 0.3) is 0 Å². The zero-order valence-electron chi connectivity index (χ0n) is 29.0. The van der Waals surface area contributed by atoms with E-state index in [0.717, 1.165) is 6.92 Å². The van der Waals surface area contributed by atoms with Gasteiger partial charge in [0.2, 0.25) is 0 Å². The molecule has 2 atom stereocenters. The van der Waals surface area contributed by atoms with Crippen molar-refractivity contribution in [3.05, 3.63) is 59.0 Å². The molecule has 198 valence electrons. The number of aliphatic hydroxyl groups is 2. The van der Waals surface area contributed by atoms with E-state index in [9.17, 15) is 23.8 Å². The molecular formula is C28H30F3NO5. The third-order valence-electron chi connectivity index (χ3n) is 6.89. The first-order chi connectivity index (χ1) is 21.0. The van der Waals surface area contributed by atoms with E-state index in [2.05, 4.69) is 9.47 Å². The van der Waals surface area contributed by atoms with Crippen molar-refractivity contribution < 1.29 is 50.0 Å². The number of hydrogen-bond acceptors (Lipinski definition) is 5. The van der Waals surface area contributed by atoms with Crippen LogP contribution in [0.15, 0.2) is 36.3 Å². The average Bonchev–Trinajstić information content (AvgIpc) is 3.62. The lowest BCUT2D eigenvalue weighted by molar-refractivity contribution is -0.286. The van der Waals surface area contributed by atoms with Crippen molar-refractivity contribution in [2.45, 2.75) is 76.1 Å². The van der Waals surface area contributed by atoms with Crippen LogP contribution in [0.4, 0.5) is 13.2 Å². The molecule has 1 aliphatic carbocycles. The Kier molecular flexibility index (Phi) is 3.97. The number of carbonyl (C=O) groups is 1. The molecule has 0 spiro atoms. The number of hydrogen-bond donors (Lipinski definition) is 2. The Morgan fingerprint density at radius 2 is 2.05 bits per heavy atom. The molecule has 1 unspecified atom stereocenters. The molecule has 0 saturated heterocycles. The van der Waals surface area contributed by atoms with Crippen molar-refractivity contribution in [1.82, 2.24) is 4.57 Å². The first-order valence-electron chi connectivity index (χ1n) is 16.1. The van der Waals surface area contributed by atoms with Crippen molar-refractivity contribution in [3.63, 3.8) is 0 Å². The molecule has 37 heavy (non-hydrogen) atoms. The van der Waals surface area contributed by atoms with E-state index in [1.807, 2.05) is 0 Å². The summed E-state index contributed by atoms with van der Waals surface area (Å²) in [6, 6.07) is 1.04. The maximum absolute atomic E-state index is 16.1. The Morgan fingerprint density at radius 1 is 1.32 bits per heavy atom. The van der Waals surface area contributed by atoms with Crippen LogP contribution in [-0.4, -0.2) is 39.5 Å². The van der Waals surface area contributed by atoms with Crippen LogP contribution in [0.3, 0.4) is 0 Å². The number of benzene rings is 2. The van der Waals surface area contributed by atoms with Gasteiger partial charge in [-0.05, 0) is 60.6 Å². The maximum atomic E-state index is 16.1. The summed E-state index contributed by atoms with van der Waals surface area (Å²) < 4.78 is 129. The van der Waals surface area contributed by atoms with E-state index in [4.69, 9.17) is 12.3 Å². The van der Waals surface area contributed by atoms with Crippen molar-refractivity contribution >= 4 is 16.7 Å². The largest absolute Gasteiger partial charge is 0.586 e. The van der Waals surface area contributed by atoms with Crippen LogP contribution in [0.1, 0.15) is 69.1 Å². The van der Waals surface area contributed by atoms with Crippen LogP contribution in [0.25, 0.3) is 10.9 Å². The summed E-state index contributed by atoms with van der Waals surface area (Å²) in [5.74, 6) is -2.66. The number of Topliss-reactive ketones (excluding diaryl/α,β-unsaturated/α-hetero) is 1. The van der Waals surface area contributed by atoms with Crippen LogP contribution in [0.5, 0.6) is 11.5 Å². The Morgan fingerprint density at radius 3 is 2.70 bits per heavy atom. The molecule has 1 aliphatic heterocycles. The second-order valence-electron chi connectivity index (χ2n) is 9.49. The SMILES string of the molecule is [2H]c1c(CC(=O)C2(c3ccc4c(c3)OC(F)(F)O4)CC2)c(F)c([2H])c2c1c([2H])c(C(C)(CC)C([2H])([2H])[2H])n2C([2H])([2H])[C@]([2H])(O)CO. The van der Waals surface area contributed by atoms with Gasteiger partial charge in [-0.3, -0.25) is 4.79 Å². The van der Waals surface area contributed by atoms with Crippen LogP contribution in [0, 0.1) is 5.82 Å². The van der Waals surface area contributed by atoms with Gasteiger partial charge in [0.1, 0.15) is 11.6 Å². The van der Waals surface area contributed by atoms with Crippen molar-refractivity contribution in [2.75, 3.05) is 6.61 Å². The number of aromatic nitrogens is 1. The standard InChI is InChI=1S/C28H30F3NO5/c1-4-26(2,3)24-10-17-9-16(20(29)13-21(17)32(24)14-19(34)15-33)11-25(35)27(7-8-27)18-5-6-22-23(12-18)37-28(30,31)36-22/h5-6,9-10,12-13,19,33-34H,4,7-8,11,14-15H2,1-3H3/t19-/m0/s1/i2D3,9D,10D,13D,14D2,19D/t19-,26?. The normalized spacial score (nSPS) is 24.7. The van der Waals surface area contributed by atoms with Crippen LogP contribution in [-0.2, 0) is 28.5 Å². The monoisotopic (exact) mass is 526 g/mol. The first-order valence-corrected chi connectivity index (χ1v) is 11.6. The Hall–Kier alpha value is -3.04. The quantitative estimate of drug-likeness (QED) is 0.411. The van der Waals surface area contributed by atoms with Crippen LogP contribution < -0.4 is 9.47 Å². The summed E-state index contributed by atoms with van der Waals surface area (Å²) >= 11 is 0. The molecule has 0 bridgehead atoms. The second kappa shape index (κ2) is 8.77. The minimum Gasteiger partial charge on any atom is -0.395 e. The number of nitrogens with zero attached hydrogens (tertiary/aromatic N) is 1. The lowest BCUT2D eigenvalue weighted by Crippen LogP contribution is -2.26. The summed E-state index contributed by atoms with van der Waals surface area (Å²) in [7, 11) is 0. The van der Waals surface area contributed by atoms with Crippen LogP contribution >= 0.6 is 0 Å². The molecule has 3 aromatic rings. The van der Waals surface area contributed by atoms with E-state index in [0.29, 0.717) is 4.57 Å². The number of ketones is 1. The topological polar surface area (TPSA) is 80.9 Å². The maximum Gasteiger partial charge on any atom is 0.586 e. The molecule has 6 nitrogen and oxygen atoms in total. The van der Waals surface area contributed by atoms with Gasteiger partial charge < -0.3 is 24.3 Å². The molecule has 2 aliphatic rings. The van der Waals surface area contributed by atoms with Gasteiger partial charge in [-0.25, -0.2) is 4.39 Å². The summed E-state index contributed by atoms with van der Waals surface area (Å²) in [5, 5.41) is 19.6. The summed E-state index contributed by atoms with van der Waals surface area (Å²) in [6.45, 7) is -5.35. The Balaban J connectivity index is 1.71. The molecule has 1 aromatic heterocycles. The van der Waals surface area contributed by atoms with Gasteiger partial charge in [0, 0.05) is 27.0 Å². The van der Waals surface area contributed by atoms with Gasteiger partial charge in [-0.2, -0.15) is 0 Å². The van der Waals surface area contributed by atoms with E-state index >= 15 is 4.39 Å². The number of carbonyl (C=O) groups excluding carboxylic acids is 1. The average molecular weight is 527 g/mol. The van der Waals surface area contributed by atoms with Gasteiger partial charge in [-0.1, -0.05) is 26.8 Å². The highest BCUT2D eigenvalue weighted by atomic mass is 19.3. The molecule has 0 radical (unpaired) electrons. The molecule has 2 aromatic carbocycles. The lowest BCUT2D eigenvalue weighted by atomic mass is 9.86. The summed E-state index contributed by atoms with van der Waals surface area (Å²) in [4.78, 5) is 13.7. The van der Waals surface area contributed by atoms with E-state index in [1.54, 1.807) is 0 Å². The molecular weight excluding hydrogens is 487 g/mol. The minimum atomic E-state index is -3.90. The van der Waals surface area contributed by atoms with Gasteiger partial charge in [0.05, 0.1) is 38.3 Å². The Labute approximate surface area is 225 Å². The molecule has 1 fully saturated rings. The third-order valence-corrected chi connectivity index (χ3v) is 6.89. The highest BCUT2D eigenvalue weighted by Gasteiger charge is 2.52. The fourth-order valence-electron chi connectivity index (χ4n) is 4.43. The molecule has 2 N–H and O–H groups in total. The van der Waals surface area contributed by atoms with Crippen LogP contribution in [0.2, 0.25) is 0 Å². The fraction of sp³-hybridized carbons (Fsp3) is 0.464. The third kappa shape index (κ3) is 4.48. The molecule has 1 saturated carbocycles. The van der Waals surface area contributed by atoms with E-state index in [1.165, 1.54) is 25.1 Å². The highest BCUT2D eigenvalue weighted by Crippen LogP contribution is 2.52. The number of halogens is 3. The van der Waals surface area contributed by atoms with E-state index < -0.39 is 101 Å².